The standard InChI is InChI=1S/2C18H37O.2C3H7.O.Ti/c2*1-2-3-4-5-6-7-8-9-10-11-12-13-14-15-16-17-18-19;2*1-3-2;;/h2*2-18H2,1H3;2*3H,1-2H3;;/q2*-1;;;;+2. The topological polar surface area (TPSA) is 35.5 Å². The molecule has 0 aromatic rings. The predicted molar refractivity (Wildman–Crippen MR) is 202 cm³/mol. The number of hydrogen-bond donors (Lipinski definition) is 0. The van der Waals surface area contributed by atoms with Gasteiger partial charge in [-0.05, 0) is 0 Å². The average Bonchev–Trinajstić information content (AvgIpc) is 3.04. The first kappa shape index (κ1) is 46.4. The van der Waals surface area contributed by atoms with Crippen LogP contribution in [0.5, 0.6) is 0 Å². The van der Waals surface area contributed by atoms with Crippen molar-refractivity contribution in [3.05, 3.63) is 0 Å². The van der Waals surface area contributed by atoms with Gasteiger partial charge in [-0.2, -0.15) is 0 Å². The molecular weight excluding hydrogens is 600 g/mol. The van der Waals surface area contributed by atoms with Crippen LogP contribution < -0.4 is 0 Å². The molecule has 0 aromatic carbocycles. The van der Waals surface area contributed by atoms with Gasteiger partial charge in [-0.1, -0.05) is 90.9 Å². The van der Waals surface area contributed by atoms with E-state index in [0.29, 0.717) is 13.2 Å². The van der Waals surface area contributed by atoms with Gasteiger partial charge in [-0.15, -0.1) is 0 Å². The van der Waals surface area contributed by atoms with Gasteiger partial charge in [0, 0.05) is 0 Å². The third kappa shape index (κ3) is 24.5. The molecule has 0 heterocycles. The maximum atomic E-state index is 14.5. The molecule has 0 bridgehead atoms. The van der Waals surface area contributed by atoms with Gasteiger partial charge in [-0.3, -0.25) is 0 Å². The van der Waals surface area contributed by atoms with Crippen LogP contribution in [0.4, 0.5) is 0 Å². The molecule has 0 atom stereocenters. The van der Waals surface area contributed by atoms with Crippen molar-refractivity contribution in [3.63, 3.8) is 0 Å². The number of unbranched alkanes of at least 4 members (excludes halogenated alkanes) is 30. The summed E-state index contributed by atoms with van der Waals surface area (Å²) in [5.41, 5.74) is 0. The van der Waals surface area contributed by atoms with E-state index in [0.717, 1.165) is 12.8 Å². The van der Waals surface area contributed by atoms with Crippen LogP contribution in [0.1, 0.15) is 247 Å². The summed E-state index contributed by atoms with van der Waals surface area (Å²) in [6.45, 7) is 14.0. The predicted octanol–water partition coefficient (Wildman–Crippen LogP) is 16.1. The van der Waals surface area contributed by atoms with Crippen molar-refractivity contribution in [2.45, 2.75) is 255 Å². The molecule has 0 radical (unpaired) electrons. The van der Waals surface area contributed by atoms with Gasteiger partial charge in [0.25, 0.3) is 0 Å². The third-order valence-electron chi connectivity index (χ3n) is 10.8. The molecular formula is C42H88O3Ti. The second-order valence-corrected chi connectivity index (χ2v) is 23.8. The van der Waals surface area contributed by atoms with E-state index in [-0.39, 0.29) is 8.45 Å². The fourth-order valence-electron chi connectivity index (χ4n) is 7.22. The minimum atomic E-state index is -4.74. The number of rotatable bonds is 38. The molecule has 0 saturated carbocycles. The Morgan fingerprint density at radius 3 is 0.674 bits per heavy atom. The fourth-order valence-corrected chi connectivity index (χ4v) is 13.2. The molecule has 278 valence electrons. The van der Waals surface area contributed by atoms with Crippen LogP contribution in [-0.4, -0.2) is 13.2 Å². The van der Waals surface area contributed by atoms with Crippen molar-refractivity contribution in [2.24, 2.45) is 0 Å². The molecule has 0 rings (SSSR count). The Morgan fingerprint density at radius 1 is 0.326 bits per heavy atom. The van der Waals surface area contributed by atoms with E-state index in [9.17, 15) is 3.32 Å². The van der Waals surface area contributed by atoms with Crippen molar-refractivity contribution >= 4 is 0 Å². The molecule has 0 N–H and O–H groups in total. The van der Waals surface area contributed by atoms with Crippen LogP contribution >= 0.6 is 0 Å². The molecule has 0 spiro atoms. The molecule has 0 aliphatic heterocycles. The average molecular weight is 689 g/mol. The van der Waals surface area contributed by atoms with E-state index in [1.165, 1.54) is 193 Å². The molecule has 4 heteroatoms. The zero-order chi connectivity index (χ0) is 34.1. The maximum absolute atomic E-state index is 14.5. The molecule has 0 aliphatic rings. The summed E-state index contributed by atoms with van der Waals surface area (Å²) in [5.74, 6) is 0. The van der Waals surface area contributed by atoms with E-state index in [4.69, 9.17) is 6.64 Å². The normalized spacial score (nSPS) is 12.6. The van der Waals surface area contributed by atoms with Gasteiger partial charge in [0.2, 0.25) is 0 Å². The van der Waals surface area contributed by atoms with Crippen LogP contribution in [0.2, 0.25) is 8.45 Å². The van der Waals surface area contributed by atoms with Gasteiger partial charge in [0.15, 0.2) is 0 Å². The summed E-state index contributed by atoms with van der Waals surface area (Å²) in [6.07, 6.45) is 43.5. The summed E-state index contributed by atoms with van der Waals surface area (Å²) in [6, 6.07) is 0. The van der Waals surface area contributed by atoms with Crippen LogP contribution in [0.15, 0.2) is 0 Å². The van der Waals surface area contributed by atoms with Crippen LogP contribution in [0.3, 0.4) is 0 Å². The first-order valence-corrected chi connectivity index (χ1v) is 25.2. The quantitative estimate of drug-likeness (QED) is 0.0478. The molecule has 0 saturated heterocycles. The fraction of sp³-hybridized carbons (Fsp3) is 1.00. The van der Waals surface area contributed by atoms with Gasteiger partial charge in [0.05, 0.1) is 0 Å². The van der Waals surface area contributed by atoms with Gasteiger partial charge in [-0.25, -0.2) is 0 Å². The first-order valence-electron chi connectivity index (χ1n) is 21.5. The first-order chi connectivity index (χ1) is 22.3. The Balaban J connectivity index is 3.88. The Morgan fingerprint density at radius 2 is 0.500 bits per heavy atom. The van der Waals surface area contributed by atoms with Crippen LogP contribution in [-0.2, 0) is 26.0 Å². The molecule has 0 fully saturated rings. The summed E-state index contributed by atoms with van der Waals surface area (Å²) in [7, 11) is 0. The van der Waals surface area contributed by atoms with Gasteiger partial charge >= 0.3 is 204 Å². The minimum absolute atomic E-state index is 0.0425. The molecule has 3 nitrogen and oxygen atoms in total. The Labute approximate surface area is 293 Å². The molecule has 0 aromatic heterocycles. The van der Waals surface area contributed by atoms with E-state index >= 15 is 0 Å². The monoisotopic (exact) mass is 689 g/mol. The summed E-state index contributed by atoms with van der Waals surface area (Å²) >= 11 is -4.74. The van der Waals surface area contributed by atoms with E-state index in [2.05, 4.69) is 41.5 Å². The van der Waals surface area contributed by atoms with Gasteiger partial charge in [0.1, 0.15) is 0 Å². The van der Waals surface area contributed by atoms with Crippen molar-refractivity contribution < 1.29 is 26.0 Å². The zero-order valence-electron chi connectivity index (χ0n) is 32.9. The Kier molecular flexibility index (Phi) is 32.9. The second kappa shape index (κ2) is 32.6. The summed E-state index contributed by atoms with van der Waals surface area (Å²) in [5, 5.41) is 0. The van der Waals surface area contributed by atoms with Crippen molar-refractivity contribution in [2.75, 3.05) is 13.2 Å². The van der Waals surface area contributed by atoms with Crippen molar-refractivity contribution in [3.8, 4) is 0 Å². The molecule has 0 unspecified atom stereocenters. The van der Waals surface area contributed by atoms with Crippen LogP contribution in [0, 0.1) is 0 Å². The van der Waals surface area contributed by atoms with Gasteiger partial charge < -0.3 is 0 Å². The summed E-state index contributed by atoms with van der Waals surface area (Å²) < 4.78 is 27.3. The summed E-state index contributed by atoms with van der Waals surface area (Å²) in [4.78, 5) is 0. The van der Waals surface area contributed by atoms with Crippen molar-refractivity contribution in [1.82, 2.24) is 0 Å². The molecule has 0 amide bonds. The van der Waals surface area contributed by atoms with E-state index < -0.39 is 16.1 Å². The Bertz CT molecular complexity index is 618. The van der Waals surface area contributed by atoms with E-state index in [1.807, 2.05) is 0 Å². The van der Waals surface area contributed by atoms with E-state index in [1.54, 1.807) is 0 Å². The molecule has 46 heavy (non-hydrogen) atoms. The molecule has 0 aliphatic carbocycles. The zero-order valence-corrected chi connectivity index (χ0v) is 34.5. The second-order valence-electron chi connectivity index (χ2n) is 15.7. The number of hydrogen-bond acceptors (Lipinski definition) is 3. The SMILES string of the molecule is CCCCCCCCCCCCCCCCCC[O][Ti](=[O])([O]CCCCCCCCCCCCCCCCCC)([CH](C)C)[CH](C)C. The van der Waals surface area contributed by atoms with Crippen LogP contribution in [0.25, 0.3) is 0 Å². The third-order valence-corrected chi connectivity index (χ3v) is 19.8. The van der Waals surface area contributed by atoms with Crippen molar-refractivity contribution in [1.29, 1.82) is 0 Å². The Hall–Kier alpha value is 0.434.